The minimum atomic E-state index is 0.00897. The van der Waals surface area contributed by atoms with E-state index in [4.69, 9.17) is 9.97 Å². The van der Waals surface area contributed by atoms with Crippen molar-refractivity contribution in [2.75, 3.05) is 11.4 Å². The molecule has 2 heterocycles. The lowest BCUT2D eigenvalue weighted by Crippen LogP contribution is -2.25. The van der Waals surface area contributed by atoms with Gasteiger partial charge in [0, 0.05) is 49.3 Å². The molecule has 0 amide bonds. The molecular formula is C18H29N5. The highest BCUT2D eigenvalue weighted by Crippen LogP contribution is 2.26. The van der Waals surface area contributed by atoms with Crippen LogP contribution in [0.15, 0.2) is 18.5 Å². The van der Waals surface area contributed by atoms with Gasteiger partial charge in [-0.15, -0.1) is 0 Å². The van der Waals surface area contributed by atoms with Gasteiger partial charge in [-0.25, -0.2) is 9.97 Å². The second-order valence-electron chi connectivity index (χ2n) is 7.41. The van der Waals surface area contributed by atoms with Crippen molar-refractivity contribution in [2.24, 2.45) is 7.05 Å². The summed E-state index contributed by atoms with van der Waals surface area (Å²) in [6.07, 6.45) is 3.97. The maximum atomic E-state index is 4.81. The summed E-state index contributed by atoms with van der Waals surface area (Å²) < 4.78 is 1.84. The van der Waals surface area contributed by atoms with Gasteiger partial charge in [-0.2, -0.15) is 5.10 Å². The highest BCUT2D eigenvalue weighted by atomic mass is 15.3. The molecule has 0 unspecified atom stereocenters. The van der Waals surface area contributed by atoms with Crippen molar-refractivity contribution in [3.05, 3.63) is 35.5 Å². The Kier molecular flexibility index (Phi) is 5.07. The van der Waals surface area contributed by atoms with Crippen LogP contribution in [0.3, 0.4) is 0 Å². The van der Waals surface area contributed by atoms with Crippen LogP contribution in [-0.4, -0.2) is 26.3 Å². The summed E-state index contributed by atoms with van der Waals surface area (Å²) in [5.74, 6) is 2.23. The summed E-state index contributed by atoms with van der Waals surface area (Å²) in [5.41, 5.74) is 2.29. The van der Waals surface area contributed by atoms with Crippen LogP contribution in [0.1, 0.15) is 64.5 Å². The van der Waals surface area contributed by atoms with Crippen LogP contribution in [0, 0.1) is 0 Å². The van der Waals surface area contributed by atoms with E-state index in [0.29, 0.717) is 5.92 Å². The second-order valence-corrected chi connectivity index (χ2v) is 7.41. The molecule has 0 fully saturated rings. The Morgan fingerprint density at radius 1 is 1.22 bits per heavy atom. The zero-order valence-electron chi connectivity index (χ0n) is 15.5. The predicted octanol–water partition coefficient (Wildman–Crippen LogP) is 3.66. The molecule has 0 aliphatic carbocycles. The smallest absolute Gasteiger partial charge is 0.133 e. The SMILES string of the molecule is CCN(Cc1cnn(C)c1)c1cc(C(C)(C)C)nc(C(C)C)n1. The molecule has 2 aromatic rings. The normalized spacial score (nSPS) is 12.0. The summed E-state index contributed by atoms with van der Waals surface area (Å²) in [6.45, 7) is 14.7. The molecule has 0 N–H and O–H groups in total. The van der Waals surface area contributed by atoms with Crippen molar-refractivity contribution in [1.29, 1.82) is 0 Å². The van der Waals surface area contributed by atoms with Gasteiger partial charge in [0.2, 0.25) is 0 Å². The number of aromatic nitrogens is 4. The van der Waals surface area contributed by atoms with Gasteiger partial charge < -0.3 is 4.90 Å². The number of rotatable bonds is 5. The van der Waals surface area contributed by atoms with Gasteiger partial charge in [-0.1, -0.05) is 34.6 Å². The van der Waals surface area contributed by atoms with E-state index in [-0.39, 0.29) is 5.41 Å². The molecule has 126 valence electrons. The molecule has 0 aliphatic heterocycles. The second kappa shape index (κ2) is 6.69. The lowest BCUT2D eigenvalue weighted by molar-refractivity contribution is 0.557. The predicted molar refractivity (Wildman–Crippen MR) is 94.8 cm³/mol. The average Bonchev–Trinajstić information content (AvgIpc) is 2.88. The minimum Gasteiger partial charge on any atom is -0.352 e. The van der Waals surface area contributed by atoms with E-state index in [1.807, 2.05) is 17.9 Å². The van der Waals surface area contributed by atoms with Crippen LogP contribution in [0.2, 0.25) is 0 Å². The largest absolute Gasteiger partial charge is 0.352 e. The zero-order chi connectivity index (χ0) is 17.2. The molecule has 23 heavy (non-hydrogen) atoms. The maximum Gasteiger partial charge on any atom is 0.133 e. The standard InChI is InChI=1S/C18H29N5/c1-8-23(12-14-10-19-22(7)11-14)16-9-15(18(4,5)6)20-17(21-16)13(2)3/h9-11,13H,8,12H2,1-7H3. The van der Waals surface area contributed by atoms with E-state index < -0.39 is 0 Å². The Morgan fingerprint density at radius 3 is 2.39 bits per heavy atom. The van der Waals surface area contributed by atoms with Crippen molar-refractivity contribution < 1.29 is 0 Å². The van der Waals surface area contributed by atoms with Gasteiger partial charge in [0.05, 0.1) is 11.9 Å². The molecule has 2 rings (SSSR count). The Labute approximate surface area is 139 Å². The van der Waals surface area contributed by atoms with Crippen molar-refractivity contribution in [2.45, 2.75) is 59.4 Å². The van der Waals surface area contributed by atoms with Crippen molar-refractivity contribution in [1.82, 2.24) is 19.7 Å². The molecule has 5 nitrogen and oxygen atoms in total. The summed E-state index contributed by atoms with van der Waals surface area (Å²) in [4.78, 5) is 11.9. The molecule has 0 spiro atoms. The third-order valence-corrected chi connectivity index (χ3v) is 3.85. The Bertz CT molecular complexity index is 652. The number of hydrogen-bond acceptors (Lipinski definition) is 4. The monoisotopic (exact) mass is 315 g/mol. The highest BCUT2D eigenvalue weighted by molar-refractivity contribution is 5.42. The molecule has 0 aliphatic rings. The summed E-state index contributed by atoms with van der Waals surface area (Å²) in [7, 11) is 1.94. The summed E-state index contributed by atoms with van der Waals surface area (Å²) >= 11 is 0. The van der Waals surface area contributed by atoms with E-state index in [2.05, 4.69) is 63.8 Å². The van der Waals surface area contributed by atoms with E-state index in [1.54, 1.807) is 0 Å². The fourth-order valence-electron chi connectivity index (χ4n) is 2.39. The van der Waals surface area contributed by atoms with Gasteiger partial charge in [0.1, 0.15) is 11.6 Å². The first-order valence-corrected chi connectivity index (χ1v) is 8.32. The molecular weight excluding hydrogens is 286 g/mol. The molecule has 2 aromatic heterocycles. The van der Waals surface area contributed by atoms with Crippen LogP contribution in [0.5, 0.6) is 0 Å². The summed E-state index contributed by atoms with van der Waals surface area (Å²) in [5, 5.41) is 4.26. The zero-order valence-corrected chi connectivity index (χ0v) is 15.5. The van der Waals surface area contributed by atoms with Crippen molar-refractivity contribution in [3.63, 3.8) is 0 Å². The third-order valence-electron chi connectivity index (χ3n) is 3.85. The lowest BCUT2D eigenvalue weighted by atomic mass is 9.91. The molecule has 0 atom stereocenters. The number of anilines is 1. The van der Waals surface area contributed by atoms with E-state index in [0.717, 1.165) is 30.4 Å². The van der Waals surface area contributed by atoms with E-state index in [9.17, 15) is 0 Å². The molecule has 0 aromatic carbocycles. The average molecular weight is 315 g/mol. The van der Waals surface area contributed by atoms with Crippen LogP contribution in [0.4, 0.5) is 5.82 Å². The van der Waals surface area contributed by atoms with Crippen molar-refractivity contribution >= 4 is 5.82 Å². The molecule has 0 saturated heterocycles. The number of hydrogen-bond donors (Lipinski definition) is 0. The fraction of sp³-hybridized carbons (Fsp3) is 0.611. The van der Waals surface area contributed by atoms with E-state index in [1.165, 1.54) is 5.56 Å². The minimum absolute atomic E-state index is 0.00897. The third kappa shape index (κ3) is 4.30. The number of nitrogens with zero attached hydrogens (tertiary/aromatic N) is 5. The highest BCUT2D eigenvalue weighted by Gasteiger charge is 2.21. The van der Waals surface area contributed by atoms with Gasteiger partial charge in [-0.05, 0) is 6.92 Å². The quantitative estimate of drug-likeness (QED) is 0.845. The molecule has 0 radical (unpaired) electrons. The Morgan fingerprint density at radius 2 is 1.91 bits per heavy atom. The molecule has 5 heteroatoms. The van der Waals surface area contributed by atoms with Crippen LogP contribution >= 0.6 is 0 Å². The first-order chi connectivity index (χ1) is 10.7. The first kappa shape index (κ1) is 17.4. The number of aryl methyl sites for hydroxylation is 1. The van der Waals surface area contributed by atoms with Crippen molar-refractivity contribution in [3.8, 4) is 0 Å². The topological polar surface area (TPSA) is 46.8 Å². The molecule has 0 saturated carbocycles. The fourth-order valence-corrected chi connectivity index (χ4v) is 2.39. The van der Waals surface area contributed by atoms with Gasteiger partial charge >= 0.3 is 0 Å². The van der Waals surface area contributed by atoms with Gasteiger partial charge in [0.15, 0.2) is 0 Å². The maximum absolute atomic E-state index is 4.81. The molecule has 0 bridgehead atoms. The first-order valence-electron chi connectivity index (χ1n) is 8.32. The van der Waals surface area contributed by atoms with Crippen LogP contribution in [-0.2, 0) is 19.0 Å². The van der Waals surface area contributed by atoms with Crippen LogP contribution < -0.4 is 4.90 Å². The van der Waals surface area contributed by atoms with Gasteiger partial charge in [0.25, 0.3) is 0 Å². The van der Waals surface area contributed by atoms with Gasteiger partial charge in [-0.3, -0.25) is 4.68 Å². The summed E-state index contributed by atoms with van der Waals surface area (Å²) in [6, 6.07) is 2.13. The lowest BCUT2D eigenvalue weighted by Gasteiger charge is -2.26. The van der Waals surface area contributed by atoms with Crippen LogP contribution in [0.25, 0.3) is 0 Å². The van der Waals surface area contributed by atoms with E-state index >= 15 is 0 Å². The Hall–Kier alpha value is -1.91. The Balaban J connectivity index is 2.40.